The number of hydrogen-bond donors (Lipinski definition) is 5. The lowest BCUT2D eigenvalue weighted by molar-refractivity contribution is 0.281. The average Bonchev–Trinajstić information content (AvgIpc) is 2.48. The number of nitrogens with one attached hydrogen (secondary N) is 2. The summed E-state index contributed by atoms with van der Waals surface area (Å²) in [4.78, 5) is 1.84. The number of hydrogen-bond acceptors (Lipinski definition) is 7. The van der Waals surface area contributed by atoms with E-state index in [1.165, 1.54) is 0 Å². The Hall–Kier alpha value is -2.63. The first-order valence-electron chi connectivity index (χ1n) is 6.27. The molecule has 0 amide bonds. The van der Waals surface area contributed by atoms with Crippen LogP contribution in [0.25, 0.3) is 0 Å². The van der Waals surface area contributed by atoms with Gasteiger partial charge in [0.05, 0.1) is 18.9 Å². The van der Waals surface area contributed by atoms with Gasteiger partial charge in [-0.3, -0.25) is 10.8 Å². The largest absolute Gasteiger partial charge is 0.395 e. The molecule has 0 radical (unpaired) electrons. The Morgan fingerprint density at radius 3 is 2.29 bits per heavy atom. The molecule has 0 aliphatic carbocycles. The van der Waals surface area contributed by atoms with Crippen LogP contribution in [0.3, 0.4) is 0 Å². The van der Waals surface area contributed by atoms with Crippen molar-refractivity contribution in [2.75, 3.05) is 36.6 Å². The number of rotatable bonds is 8. The highest BCUT2D eigenvalue weighted by Gasteiger charge is 2.05. The minimum absolute atomic E-state index is 0.00552. The van der Waals surface area contributed by atoms with E-state index in [2.05, 4.69) is 10.5 Å². The number of aliphatic hydroxyl groups is 2. The van der Waals surface area contributed by atoms with Crippen molar-refractivity contribution in [3.63, 3.8) is 0 Å². The fourth-order valence-electron chi connectivity index (χ4n) is 1.62. The monoisotopic (exact) mass is 290 g/mol. The summed E-state index contributed by atoms with van der Waals surface area (Å²) in [7, 11) is 0. The first kappa shape index (κ1) is 16.4. The predicted molar refractivity (Wildman–Crippen MR) is 81.4 cm³/mol. The van der Waals surface area contributed by atoms with Crippen molar-refractivity contribution < 1.29 is 10.2 Å². The van der Waals surface area contributed by atoms with Crippen molar-refractivity contribution in [3.05, 3.63) is 24.3 Å². The van der Waals surface area contributed by atoms with Crippen LogP contribution >= 0.6 is 0 Å². The van der Waals surface area contributed by atoms with E-state index in [0.29, 0.717) is 18.8 Å². The van der Waals surface area contributed by atoms with E-state index in [0.717, 1.165) is 5.69 Å². The maximum Gasteiger partial charge on any atom is 0.201 e. The van der Waals surface area contributed by atoms with Crippen molar-refractivity contribution in [2.24, 2.45) is 10.8 Å². The number of nitrogens with two attached hydrogens (primary N) is 1. The van der Waals surface area contributed by atoms with Crippen molar-refractivity contribution in [1.29, 1.82) is 10.7 Å². The molecule has 0 aromatic heterocycles. The first-order chi connectivity index (χ1) is 10.1. The van der Waals surface area contributed by atoms with Crippen LogP contribution in [0.15, 0.2) is 29.4 Å². The second-order valence-corrected chi connectivity index (χ2v) is 4.08. The van der Waals surface area contributed by atoms with Crippen LogP contribution in [-0.4, -0.2) is 48.1 Å². The van der Waals surface area contributed by atoms with E-state index in [1.807, 2.05) is 4.90 Å². The second kappa shape index (κ2) is 8.52. The van der Waals surface area contributed by atoms with Gasteiger partial charge in [0, 0.05) is 18.8 Å². The summed E-state index contributed by atoms with van der Waals surface area (Å²) >= 11 is 0. The third kappa shape index (κ3) is 5.10. The van der Waals surface area contributed by atoms with Crippen LogP contribution in [0.1, 0.15) is 0 Å². The predicted octanol–water partition coefficient (Wildman–Crippen LogP) is -0.295. The molecule has 0 aliphatic rings. The summed E-state index contributed by atoms with van der Waals surface area (Å²) in [6.07, 6.45) is 0. The molecule has 1 aromatic carbocycles. The SMILES string of the molecule is N#C/C(=N\Nc1ccc(N(CCO)CCO)cc1)C(=N)N. The Balaban J connectivity index is 2.78. The summed E-state index contributed by atoms with van der Waals surface area (Å²) < 4.78 is 0. The summed E-state index contributed by atoms with van der Waals surface area (Å²) in [5.74, 6) is -0.404. The van der Waals surface area contributed by atoms with Gasteiger partial charge in [-0.2, -0.15) is 10.4 Å². The minimum Gasteiger partial charge on any atom is -0.395 e. The lowest BCUT2D eigenvalue weighted by Gasteiger charge is -2.23. The molecule has 6 N–H and O–H groups in total. The Labute approximate surface area is 122 Å². The molecule has 0 saturated carbocycles. The number of benzene rings is 1. The number of hydrazone groups is 1. The molecule has 112 valence electrons. The molecule has 8 heteroatoms. The molecule has 1 rings (SSSR count). The Morgan fingerprint density at radius 2 is 1.86 bits per heavy atom. The number of aliphatic hydroxyl groups excluding tert-OH is 2. The van der Waals surface area contributed by atoms with E-state index < -0.39 is 5.84 Å². The highest BCUT2D eigenvalue weighted by Crippen LogP contribution is 2.17. The molecule has 8 nitrogen and oxygen atoms in total. The Morgan fingerprint density at radius 1 is 1.29 bits per heavy atom. The number of nitrogens with zero attached hydrogens (tertiary/aromatic N) is 3. The highest BCUT2D eigenvalue weighted by atomic mass is 16.3. The van der Waals surface area contributed by atoms with Gasteiger partial charge < -0.3 is 20.8 Å². The van der Waals surface area contributed by atoms with E-state index in [1.54, 1.807) is 30.3 Å². The van der Waals surface area contributed by atoms with Gasteiger partial charge in [-0.25, -0.2) is 0 Å². The van der Waals surface area contributed by atoms with Crippen LogP contribution in [0.5, 0.6) is 0 Å². The summed E-state index contributed by atoms with van der Waals surface area (Å²) in [5, 5.41) is 37.5. The van der Waals surface area contributed by atoms with E-state index >= 15 is 0 Å². The summed E-state index contributed by atoms with van der Waals surface area (Å²) in [6.45, 7) is 0.839. The molecule has 0 atom stereocenters. The molecule has 0 saturated heterocycles. The number of nitriles is 1. The average molecular weight is 290 g/mol. The van der Waals surface area contributed by atoms with Gasteiger partial charge in [0.15, 0.2) is 5.84 Å². The van der Waals surface area contributed by atoms with Crippen molar-refractivity contribution in [3.8, 4) is 6.07 Å². The fourth-order valence-corrected chi connectivity index (χ4v) is 1.62. The zero-order valence-electron chi connectivity index (χ0n) is 11.5. The third-order valence-corrected chi connectivity index (χ3v) is 2.63. The maximum absolute atomic E-state index is 8.99. The van der Waals surface area contributed by atoms with Gasteiger partial charge in [-0.05, 0) is 24.3 Å². The summed E-state index contributed by atoms with van der Waals surface area (Å²) in [5.41, 5.74) is 9.09. The molecule has 21 heavy (non-hydrogen) atoms. The molecule has 1 aromatic rings. The number of anilines is 2. The molecule has 0 bridgehead atoms. The molecule has 0 aliphatic heterocycles. The molecule has 0 fully saturated rings. The molecule has 0 heterocycles. The standard InChI is InChI=1S/C13H18N6O2/c14-9-12(13(15)16)18-17-10-1-3-11(4-2-10)19(5-7-20)6-8-21/h1-4,17,20-21H,5-8H2,(H3,15,16)/b18-12+. The normalized spacial score (nSPS) is 10.8. The van der Waals surface area contributed by atoms with Gasteiger partial charge in [0.2, 0.25) is 5.71 Å². The van der Waals surface area contributed by atoms with Gasteiger partial charge in [0.25, 0.3) is 0 Å². The lowest BCUT2D eigenvalue weighted by atomic mass is 10.2. The Kier molecular flexibility index (Phi) is 6.67. The number of amidine groups is 1. The van der Waals surface area contributed by atoms with Crippen LogP contribution in [0.4, 0.5) is 11.4 Å². The van der Waals surface area contributed by atoms with Crippen LogP contribution in [0.2, 0.25) is 0 Å². The van der Waals surface area contributed by atoms with E-state index in [4.69, 9.17) is 26.6 Å². The van der Waals surface area contributed by atoms with E-state index in [-0.39, 0.29) is 18.9 Å². The Bertz CT molecular complexity index is 529. The maximum atomic E-state index is 8.99. The topological polar surface area (TPSA) is 142 Å². The molecule has 0 spiro atoms. The van der Waals surface area contributed by atoms with Gasteiger partial charge >= 0.3 is 0 Å². The lowest BCUT2D eigenvalue weighted by Crippen LogP contribution is -2.29. The van der Waals surface area contributed by atoms with Crippen LogP contribution in [0, 0.1) is 16.7 Å². The van der Waals surface area contributed by atoms with Crippen molar-refractivity contribution >= 4 is 22.9 Å². The van der Waals surface area contributed by atoms with Crippen molar-refractivity contribution in [2.45, 2.75) is 0 Å². The molecular weight excluding hydrogens is 272 g/mol. The van der Waals surface area contributed by atoms with Crippen LogP contribution < -0.4 is 16.1 Å². The highest BCUT2D eigenvalue weighted by molar-refractivity contribution is 6.45. The van der Waals surface area contributed by atoms with Gasteiger partial charge in [-0.15, -0.1) is 0 Å². The summed E-state index contributed by atoms with van der Waals surface area (Å²) in [6, 6.07) is 8.76. The van der Waals surface area contributed by atoms with E-state index in [9.17, 15) is 0 Å². The first-order valence-corrected chi connectivity index (χ1v) is 6.27. The fraction of sp³-hybridized carbons (Fsp3) is 0.308. The smallest absolute Gasteiger partial charge is 0.201 e. The van der Waals surface area contributed by atoms with Gasteiger partial charge in [-0.1, -0.05) is 0 Å². The molecule has 0 unspecified atom stereocenters. The van der Waals surface area contributed by atoms with Gasteiger partial charge in [0.1, 0.15) is 6.07 Å². The van der Waals surface area contributed by atoms with Crippen molar-refractivity contribution in [1.82, 2.24) is 0 Å². The zero-order valence-corrected chi connectivity index (χ0v) is 11.5. The molecular formula is C13H18N6O2. The minimum atomic E-state index is -0.404. The van der Waals surface area contributed by atoms with Crippen LogP contribution in [-0.2, 0) is 0 Å². The second-order valence-electron chi connectivity index (χ2n) is 4.08. The zero-order chi connectivity index (χ0) is 15.7. The quantitative estimate of drug-likeness (QED) is 0.253. The third-order valence-electron chi connectivity index (χ3n) is 2.63.